The zero-order chi connectivity index (χ0) is 13.8. The van der Waals surface area contributed by atoms with Crippen LogP contribution < -0.4 is 5.32 Å². The molecule has 0 amide bonds. The summed E-state index contributed by atoms with van der Waals surface area (Å²) in [6.07, 6.45) is 0. The van der Waals surface area contributed by atoms with Crippen LogP contribution in [-0.2, 0) is 6.54 Å². The molecule has 0 aromatic heterocycles. The Kier molecular flexibility index (Phi) is 4.39. The van der Waals surface area contributed by atoms with Gasteiger partial charge in [0, 0.05) is 6.54 Å². The van der Waals surface area contributed by atoms with Crippen LogP contribution in [0.5, 0.6) is 0 Å². The number of aryl methyl sites for hydroxylation is 3. The standard InChI is InChI=1S/C18H23N/c1-5-19-12-16-8-6-7-9-17(16)18-14(3)10-13(2)11-15(18)4/h6-11,19H,5,12H2,1-4H3. The average molecular weight is 253 g/mol. The molecule has 19 heavy (non-hydrogen) atoms. The molecular formula is C18H23N. The van der Waals surface area contributed by atoms with Crippen LogP contribution in [0.15, 0.2) is 36.4 Å². The molecule has 2 aromatic carbocycles. The van der Waals surface area contributed by atoms with Crippen molar-refractivity contribution in [3.05, 3.63) is 58.7 Å². The van der Waals surface area contributed by atoms with Gasteiger partial charge in [0.1, 0.15) is 0 Å². The third-order valence-corrected chi connectivity index (χ3v) is 3.53. The van der Waals surface area contributed by atoms with Gasteiger partial charge in [-0.3, -0.25) is 0 Å². The van der Waals surface area contributed by atoms with Crippen molar-refractivity contribution in [2.24, 2.45) is 0 Å². The molecule has 0 aliphatic carbocycles. The van der Waals surface area contributed by atoms with E-state index in [0.29, 0.717) is 0 Å². The predicted octanol–water partition coefficient (Wildman–Crippen LogP) is 4.39. The monoisotopic (exact) mass is 253 g/mol. The van der Waals surface area contributed by atoms with Crippen LogP contribution >= 0.6 is 0 Å². The maximum Gasteiger partial charge on any atom is 0.0211 e. The van der Waals surface area contributed by atoms with E-state index in [1.165, 1.54) is 33.4 Å². The lowest BCUT2D eigenvalue weighted by atomic mass is 9.91. The van der Waals surface area contributed by atoms with Crippen LogP contribution in [-0.4, -0.2) is 6.54 Å². The van der Waals surface area contributed by atoms with Crippen LogP contribution in [0, 0.1) is 20.8 Å². The maximum atomic E-state index is 3.43. The minimum absolute atomic E-state index is 0.930. The molecule has 0 spiro atoms. The fourth-order valence-corrected chi connectivity index (χ4v) is 2.78. The summed E-state index contributed by atoms with van der Waals surface area (Å²) in [4.78, 5) is 0. The Bertz CT molecular complexity index is 547. The third-order valence-electron chi connectivity index (χ3n) is 3.53. The van der Waals surface area contributed by atoms with E-state index in [-0.39, 0.29) is 0 Å². The summed E-state index contributed by atoms with van der Waals surface area (Å²) >= 11 is 0. The second-order valence-corrected chi connectivity index (χ2v) is 5.21. The molecule has 2 aromatic rings. The van der Waals surface area contributed by atoms with Gasteiger partial charge in [0.15, 0.2) is 0 Å². The lowest BCUT2D eigenvalue weighted by molar-refractivity contribution is 0.728. The zero-order valence-corrected chi connectivity index (χ0v) is 12.4. The second kappa shape index (κ2) is 6.03. The van der Waals surface area contributed by atoms with Crippen LogP contribution in [0.3, 0.4) is 0 Å². The highest BCUT2D eigenvalue weighted by Crippen LogP contribution is 2.31. The molecule has 0 aliphatic heterocycles. The van der Waals surface area contributed by atoms with E-state index in [4.69, 9.17) is 0 Å². The molecule has 0 aliphatic rings. The molecule has 0 radical (unpaired) electrons. The van der Waals surface area contributed by atoms with Crippen molar-refractivity contribution in [2.75, 3.05) is 6.54 Å². The van der Waals surface area contributed by atoms with Crippen molar-refractivity contribution >= 4 is 0 Å². The lowest BCUT2D eigenvalue weighted by Gasteiger charge is -2.16. The first kappa shape index (κ1) is 13.8. The van der Waals surface area contributed by atoms with Gasteiger partial charge >= 0.3 is 0 Å². The first-order valence-corrected chi connectivity index (χ1v) is 7.00. The Morgan fingerprint density at radius 2 is 1.58 bits per heavy atom. The summed E-state index contributed by atoms with van der Waals surface area (Å²) in [5, 5.41) is 3.43. The van der Waals surface area contributed by atoms with Gasteiger partial charge in [-0.1, -0.05) is 48.9 Å². The van der Waals surface area contributed by atoms with Gasteiger partial charge < -0.3 is 5.32 Å². The number of hydrogen-bond donors (Lipinski definition) is 1. The number of rotatable bonds is 4. The first-order valence-electron chi connectivity index (χ1n) is 7.00. The molecule has 0 unspecified atom stereocenters. The fraction of sp³-hybridized carbons (Fsp3) is 0.333. The van der Waals surface area contributed by atoms with E-state index in [2.05, 4.69) is 69.4 Å². The van der Waals surface area contributed by atoms with E-state index < -0.39 is 0 Å². The van der Waals surface area contributed by atoms with E-state index in [0.717, 1.165) is 13.1 Å². The largest absolute Gasteiger partial charge is 0.313 e. The Labute approximate surface area is 116 Å². The number of benzene rings is 2. The van der Waals surface area contributed by atoms with Crippen molar-refractivity contribution in [1.82, 2.24) is 5.32 Å². The molecule has 0 saturated carbocycles. The van der Waals surface area contributed by atoms with Crippen LogP contribution in [0.1, 0.15) is 29.2 Å². The minimum Gasteiger partial charge on any atom is -0.313 e. The van der Waals surface area contributed by atoms with Crippen molar-refractivity contribution in [3.8, 4) is 11.1 Å². The van der Waals surface area contributed by atoms with Crippen molar-refractivity contribution in [1.29, 1.82) is 0 Å². The van der Waals surface area contributed by atoms with Gasteiger partial charge in [0.25, 0.3) is 0 Å². The topological polar surface area (TPSA) is 12.0 Å². The van der Waals surface area contributed by atoms with Crippen LogP contribution in [0.25, 0.3) is 11.1 Å². The molecule has 1 nitrogen and oxygen atoms in total. The number of nitrogens with one attached hydrogen (secondary N) is 1. The van der Waals surface area contributed by atoms with E-state index in [9.17, 15) is 0 Å². The van der Waals surface area contributed by atoms with Crippen molar-refractivity contribution < 1.29 is 0 Å². The predicted molar refractivity (Wildman–Crippen MR) is 83.5 cm³/mol. The molecule has 0 bridgehead atoms. The normalized spacial score (nSPS) is 10.7. The van der Waals surface area contributed by atoms with E-state index in [1.54, 1.807) is 0 Å². The number of hydrogen-bond acceptors (Lipinski definition) is 1. The smallest absolute Gasteiger partial charge is 0.0211 e. The second-order valence-electron chi connectivity index (χ2n) is 5.21. The summed E-state index contributed by atoms with van der Waals surface area (Å²) in [7, 11) is 0. The summed E-state index contributed by atoms with van der Waals surface area (Å²) in [5.74, 6) is 0. The average Bonchev–Trinajstić information content (AvgIpc) is 2.36. The minimum atomic E-state index is 0.930. The Morgan fingerprint density at radius 1 is 0.947 bits per heavy atom. The molecule has 0 saturated heterocycles. The van der Waals surface area contributed by atoms with E-state index >= 15 is 0 Å². The molecule has 1 N–H and O–H groups in total. The lowest BCUT2D eigenvalue weighted by Crippen LogP contribution is -2.12. The molecular weight excluding hydrogens is 230 g/mol. The fourth-order valence-electron chi connectivity index (χ4n) is 2.78. The highest BCUT2D eigenvalue weighted by Gasteiger charge is 2.10. The van der Waals surface area contributed by atoms with Crippen molar-refractivity contribution in [3.63, 3.8) is 0 Å². The highest BCUT2D eigenvalue weighted by molar-refractivity contribution is 5.74. The van der Waals surface area contributed by atoms with Gasteiger partial charge in [-0.05, 0) is 55.1 Å². The van der Waals surface area contributed by atoms with Gasteiger partial charge in [0.05, 0.1) is 0 Å². The molecule has 100 valence electrons. The molecule has 0 atom stereocenters. The zero-order valence-electron chi connectivity index (χ0n) is 12.4. The molecule has 2 rings (SSSR count). The summed E-state index contributed by atoms with van der Waals surface area (Å²) in [5.41, 5.74) is 8.18. The summed E-state index contributed by atoms with van der Waals surface area (Å²) < 4.78 is 0. The first-order chi connectivity index (χ1) is 9.13. The molecule has 0 heterocycles. The molecule has 1 heteroatoms. The molecule has 0 fully saturated rings. The SMILES string of the molecule is CCNCc1ccccc1-c1c(C)cc(C)cc1C. The summed E-state index contributed by atoms with van der Waals surface area (Å²) in [6.45, 7) is 10.7. The van der Waals surface area contributed by atoms with Gasteiger partial charge in [0.2, 0.25) is 0 Å². The van der Waals surface area contributed by atoms with Gasteiger partial charge in [-0.2, -0.15) is 0 Å². The highest BCUT2D eigenvalue weighted by atomic mass is 14.8. The van der Waals surface area contributed by atoms with E-state index in [1.807, 2.05) is 0 Å². The van der Waals surface area contributed by atoms with Gasteiger partial charge in [-0.25, -0.2) is 0 Å². The Morgan fingerprint density at radius 3 is 2.21 bits per heavy atom. The Balaban J connectivity index is 2.53. The quantitative estimate of drug-likeness (QED) is 0.852. The third kappa shape index (κ3) is 3.05. The maximum absolute atomic E-state index is 3.43. The van der Waals surface area contributed by atoms with Crippen molar-refractivity contribution in [2.45, 2.75) is 34.2 Å². The Hall–Kier alpha value is -1.60. The van der Waals surface area contributed by atoms with Gasteiger partial charge in [-0.15, -0.1) is 0 Å². The summed E-state index contributed by atoms with van der Waals surface area (Å²) in [6, 6.07) is 13.2. The van der Waals surface area contributed by atoms with Crippen LogP contribution in [0.2, 0.25) is 0 Å². The van der Waals surface area contributed by atoms with Crippen LogP contribution in [0.4, 0.5) is 0 Å².